The molecule has 0 fully saturated rings. The van der Waals surface area contributed by atoms with Crippen molar-refractivity contribution in [3.63, 3.8) is 0 Å². The Morgan fingerprint density at radius 2 is 1.81 bits per heavy atom. The Morgan fingerprint density at radius 1 is 1.04 bits per heavy atom. The minimum Gasteiger partial charge on any atom is -0.368 e. The van der Waals surface area contributed by atoms with Crippen LogP contribution in [0.5, 0.6) is 0 Å². The zero-order chi connectivity index (χ0) is 18.5. The first kappa shape index (κ1) is 17.6. The largest absolute Gasteiger partial charge is 0.368 e. The molecular formula is C19H22N6O. The van der Waals surface area contributed by atoms with Crippen molar-refractivity contribution in [3.8, 4) is 5.82 Å². The van der Waals surface area contributed by atoms with Gasteiger partial charge in [0.1, 0.15) is 12.1 Å². The molecule has 2 heterocycles. The second kappa shape index (κ2) is 7.77. The third kappa shape index (κ3) is 4.24. The highest BCUT2D eigenvalue weighted by molar-refractivity contribution is 5.94. The van der Waals surface area contributed by atoms with Gasteiger partial charge in [-0.15, -0.1) is 0 Å². The lowest BCUT2D eigenvalue weighted by molar-refractivity contribution is 0.0955. The standard InChI is InChI=1S/C19H22N6O/c1-13-4-6-16(7-5-13)19(26)21-9-8-20-17-11-18(23-12-22-17)25-15(3)10-14(2)24-25/h4-7,10-12H,8-9H2,1-3H3,(H,21,26)(H,20,22,23). The van der Waals surface area contributed by atoms with E-state index >= 15 is 0 Å². The third-order valence-corrected chi connectivity index (χ3v) is 3.91. The van der Waals surface area contributed by atoms with E-state index in [1.165, 1.54) is 6.33 Å². The molecule has 2 aromatic heterocycles. The molecule has 26 heavy (non-hydrogen) atoms. The maximum absolute atomic E-state index is 12.1. The molecule has 0 aliphatic rings. The summed E-state index contributed by atoms with van der Waals surface area (Å²) in [7, 11) is 0. The first-order valence-corrected chi connectivity index (χ1v) is 8.47. The summed E-state index contributed by atoms with van der Waals surface area (Å²) < 4.78 is 1.78. The summed E-state index contributed by atoms with van der Waals surface area (Å²) in [6.07, 6.45) is 1.50. The van der Waals surface area contributed by atoms with Crippen LogP contribution in [0.25, 0.3) is 5.82 Å². The van der Waals surface area contributed by atoms with Gasteiger partial charge in [0.15, 0.2) is 5.82 Å². The van der Waals surface area contributed by atoms with Crippen LogP contribution in [0.3, 0.4) is 0 Å². The predicted molar refractivity (Wildman–Crippen MR) is 101 cm³/mol. The van der Waals surface area contributed by atoms with Crippen LogP contribution in [0.2, 0.25) is 0 Å². The lowest BCUT2D eigenvalue weighted by atomic mass is 10.1. The van der Waals surface area contributed by atoms with Gasteiger partial charge in [-0.25, -0.2) is 14.6 Å². The number of hydrogen-bond acceptors (Lipinski definition) is 5. The van der Waals surface area contributed by atoms with Crippen molar-refractivity contribution in [2.45, 2.75) is 20.8 Å². The van der Waals surface area contributed by atoms with E-state index in [-0.39, 0.29) is 5.91 Å². The molecule has 0 saturated heterocycles. The first-order chi connectivity index (χ1) is 12.5. The summed E-state index contributed by atoms with van der Waals surface area (Å²) in [5.41, 5.74) is 3.74. The quantitative estimate of drug-likeness (QED) is 0.667. The molecule has 1 amide bonds. The van der Waals surface area contributed by atoms with Gasteiger partial charge in [-0.1, -0.05) is 17.7 Å². The van der Waals surface area contributed by atoms with Gasteiger partial charge >= 0.3 is 0 Å². The van der Waals surface area contributed by atoms with Gasteiger partial charge in [-0.05, 0) is 39.0 Å². The number of carbonyl (C=O) groups excluding carboxylic acids is 1. The first-order valence-electron chi connectivity index (χ1n) is 8.47. The number of anilines is 1. The van der Waals surface area contributed by atoms with Crippen LogP contribution in [0.15, 0.2) is 42.7 Å². The number of nitrogens with zero attached hydrogens (tertiary/aromatic N) is 4. The fourth-order valence-electron chi connectivity index (χ4n) is 2.59. The van der Waals surface area contributed by atoms with Gasteiger partial charge in [0.25, 0.3) is 5.91 Å². The lowest BCUT2D eigenvalue weighted by Crippen LogP contribution is -2.28. The zero-order valence-corrected chi connectivity index (χ0v) is 15.2. The van der Waals surface area contributed by atoms with Gasteiger partial charge in [0.2, 0.25) is 0 Å². The SMILES string of the molecule is Cc1ccc(C(=O)NCCNc2cc(-n3nc(C)cc3C)ncn2)cc1. The Balaban J connectivity index is 1.54. The van der Waals surface area contributed by atoms with Crippen molar-refractivity contribution < 1.29 is 4.79 Å². The average Bonchev–Trinajstić information content (AvgIpc) is 2.98. The van der Waals surface area contributed by atoms with Crippen LogP contribution >= 0.6 is 0 Å². The average molecular weight is 350 g/mol. The van der Waals surface area contributed by atoms with Gasteiger partial charge in [-0.3, -0.25) is 4.79 Å². The highest BCUT2D eigenvalue weighted by Crippen LogP contribution is 2.12. The molecule has 2 N–H and O–H groups in total. The second-order valence-corrected chi connectivity index (χ2v) is 6.15. The number of aromatic nitrogens is 4. The van der Waals surface area contributed by atoms with E-state index in [2.05, 4.69) is 25.7 Å². The van der Waals surface area contributed by atoms with Crippen molar-refractivity contribution in [2.75, 3.05) is 18.4 Å². The molecule has 1 aromatic carbocycles. The van der Waals surface area contributed by atoms with E-state index in [0.717, 1.165) is 17.0 Å². The minimum atomic E-state index is -0.0854. The van der Waals surface area contributed by atoms with Crippen LogP contribution in [0.4, 0.5) is 5.82 Å². The number of rotatable bonds is 6. The molecule has 3 aromatic rings. The lowest BCUT2D eigenvalue weighted by Gasteiger charge is -2.09. The van der Waals surface area contributed by atoms with Crippen molar-refractivity contribution in [1.29, 1.82) is 0 Å². The molecule has 0 spiro atoms. The van der Waals surface area contributed by atoms with Crippen molar-refractivity contribution in [2.24, 2.45) is 0 Å². The van der Waals surface area contributed by atoms with Crippen molar-refractivity contribution in [3.05, 3.63) is 65.2 Å². The fraction of sp³-hybridized carbons (Fsp3) is 0.263. The van der Waals surface area contributed by atoms with Gasteiger partial charge in [-0.2, -0.15) is 5.10 Å². The van der Waals surface area contributed by atoms with E-state index in [9.17, 15) is 4.79 Å². The van der Waals surface area contributed by atoms with E-state index in [1.54, 1.807) is 4.68 Å². The Kier molecular flexibility index (Phi) is 5.26. The number of amides is 1. The van der Waals surface area contributed by atoms with Crippen molar-refractivity contribution in [1.82, 2.24) is 25.1 Å². The van der Waals surface area contributed by atoms with Crippen LogP contribution in [0.1, 0.15) is 27.3 Å². The summed E-state index contributed by atoms with van der Waals surface area (Å²) in [5, 5.41) is 10.5. The monoisotopic (exact) mass is 350 g/mol. The topological polar surface area (TPSA) is 84.7 Å². The summed E-state index contributed by atoms with van der Waals surface area (Å²) in [4.78, 5) is 20.5. The molecule has 0 bridgehead atoms. The highest BCUT2D eigenvalue weighted by atomic mass is 16.1. The summed E-state index contributed by atoms with van der Waals surface area (Å²) >= 11 is 0. The fourth-order valence-corrected chi connectivity index (χ4v) is 2.59. The molecule has 134 valence electrons. The molecule has 0 atom stereocenters. The number of aryl methyl sites for hydroxylation is 3. The van der Waals surface area contributed by atoms with E-state index in [1.807, 2.05) is 57.2 Å². The maximum Gasteiger partial charge on any atom is 0.251 e. The van der Waals surface area contributed by atoms with E-state index < -0.39 is 0 Å². The Morgan fingerprint density at radius 3 is 2.50 bits per heavy atom. The molecular weight excluding hydrogens is 328 g/mol. The zero-order valence-electron chi connectivity index (χ0n) is 15.2. The predicted octanol–water partition coefficient (Wildman–Crippen LogP) is 2.43. The van der Waals surface area contributed by atoms with Gasteiger partial charge < -0.3 is 10.6 Å². The van der Waals surface area contributed by atoms with Crippen LogP contribution in [-0.4, -0.2) is 38.7 Å². The van der Waals surface area contributed by atoms with E-state index in [4.69, 9.17) is 0 Å². The van der Waals surface area contributed by atoms with Crippen LogP contribution in [0, 0.1) is 20.8 Å². The molecule has 7 nitrogen and oxygen atoms in total. The Labute approximate surface area is 152 Å². The third-order valence-electron chi connectivity index (χ3n) is 3.91. The number of hydrogen-bond donors (Lipinski definition) is 2. The Bertz CT molecular complexity index is 901. The molecule has 3 rings (SSSR count). The molecule has 7 heteroatoms. The summed E-state index contributed by atoms with van der Waals surface area (Å²) in [6.45, 7) is 6.97. The van der Waals surface area contributed by atoms with Gasteiger partial charge in [0.05, 0.1) is 5.69 Å². The molecule has 0 saturated carbocycles. The molecule has 0 unspecified atom stereocenters. The molecule has 0 radical (unpaired) electrons. The van der Waals surface area contributed by atoms with Crippen LogP contribution in [-0.2, 0) is 0 Å². The Hall–Kier alpha value is -3.22. The highest BCUT2D eigenvalue weighted by Gasteiger charge is 2.07. The summed E-state index contributed by atoms with van der Waals surface area (Å²) in [5.74, 6) is 1.31. The smallest absolute Gasteiger partial charge is 0.251 e. The number of benzene rings is 1. The minimum absolute atomic E-state index is 0.0854. The van der Waals surface area contributed by atoms with Gasteiger partial charge in [0, 0.05) is 30.4 Å². The van der Waals surface area contributed by atoms with Crippen molar-refractivity contribution >= 4 is 11.7 Å². The number of carbonyl (C=O) groups is 1. The molecule has 0 aliphatic carbocycles. The maximum atomic E-state index is 12.1. The summed E-state index contributed by atoms with van der Waals surface area (Å²) in [6, 6.07) is 11.3. The normalized spacial score (nSPS) is 10.6. The van der Waals surface area contributed by atoms with E-state index in [0.29, 0.717) is 30.3 Å². The second-order valence-electron chi connectivity index (χ2n) is 6.15. The van der Waals surface area contributed by atoms with Crippen LogP contribution < -0.4 is 10.6 Å². The molecule has 0 aliphatic heterocycles. The number of nitrogens with one attached hydrogen (secondary N) is 2.